The summed E-state index contributed by atoms with van der Waals surface area (Å²) in [6.07, 6.45) is 0. The Morgan fingerprint density at radius 1 is 1.25 bits per heavy atom. The number of methoxy groups -OCH3 is 1. The van der Waals surface area contributed by atoms with Gasteiger partial charge in [0.05, 0.1) is 10.7 Å². The second kappa shape index (κ2) is 3.51. The molecule has 0 bridgehead atoms. The molecule has 12 heavy (non-hydrogen) atoms. The minimum Gasteiger partial charge on any atom is -0.493 e. The number of benzene rings is 1. The van der Waals surface area contributed by atoms with Gasteiger partial charge in [0.15, 0.2) is 11.6 Å². The highest BCUT2D eigenvalue weighted by molar-refractivity contribution is 14.1. The first-order chi connectivity index (χ1) is 5.57. The fourth-order valence-corrected chi connectivity index (χ4v) is 1.09. The lowest BCUT2D eigenvalue weighted by Crippen LogP contribution is -1.97. The van der Waals surface area contributed by atoms with Gasteiger partial charge in [-0.3, -0.25) is 0 Å². The minimum absolute atomic E-state index is 0.370. The second-order valence-electron chi connectivity index (χ2n) is 2.00. The van der Waals surface area contributed by atoms with Crippen LogP contribution in [0.15, 0.2) is 6.07 Å². The summed E-state index contributed by atoms with van der Waals surface area (Å²) < 4.78 is 42.3. The molecule has 0 saturated heterocycles. The van der Waals surface area contributed by atoms with Gasteiger partial charge in [-0.1, -0.05) is 0 Å². The standard InChI is InChI=1S/C7H4F3IO/c1-12-4-2-3(8)7(11)6(10)5(4)9/h2H,1H3. The summed E-state index contributed by atoms with van der Waals surface area (Å²) in [5.74, 6) is -3.63. The van der Waals surface area contributed by atoms with Crippen molar-refractivity contribution in [1.82, 2.24) is 0 Å². The zero-order valence-corrected chi connectivity index (χ0v) is 8.15. The van der Waals surface area contributed by atoms with Crippen molar-refractivity contribution in [2.45, 2.75) is 0 Å². The van der Waals surface area contributed by atoms with Crippen LogP contribution in [0.25, 0.3) is 0 Å². The van der Waals surface area contributed by atoms with Crippen LogP contribution in [0.5, 0.6) is 5.75 Å². The Morgan fingerprint density at radius 2 is 1.83 bits per heavy atom. The van der Waals surface area contributed by atoms with Crippen molar-refractivity contribution >= 4 is 22.6 Å². The first-order valence-electron chi connectivity index (χ1n) is 2.95. The molecule has 5 heteroatoms. The van der Waals surface area contributed by atoms with E-state index in [1.165, 1.54) is 22.6 Å². The number of halogens is 4. The average Bonchev–Trinajstić information content (AvgIpc) is 2.08. The second-order valence-corrected chi connectivity index (χ2v) is 3.08. The minimum atomic E-state index is -1.22. The lowest BCUT2D eigenvalue weighted by molar-refractivity contribution is 0.364. The van der Waals surface area contributed by atoms with Crippen LogP contribution in [-0.2, 0) is 0 Å². The van der Waals surface area contributed by atoms with Crippen molar-refractivity contribution in [3.63, 3.8) is 0 Å². The number of hydrogen-bond acceptors (Lipinski definition) is 1. The first kappa shape index (κ1) is 9.63. The maximum atomic E-state index is 12.8. The van der Waals surface area contributed by atoms with Gasteiger partial charge in [0.25, 0.3) is 0 Å². The van der Waals surface area contributed by atoms with E-state index in [0.717, 1.165) is 13.2 Å². The van der Waals surface area contributed by atoms with Crippen LogP contribution in [0.4, 0.5) is 13.2 Å². The predicted octanol–water partition coefficient (Wildman–Crippen LogP) is 2.72. The van der Waals surface area contributed by atoms with Crippen LogP contribution in [-0.4, -0.2) is 7.11 Å². The van der Waals surface area contributed by atoms with Crippen LogP contribution in [0.1, 0.15) is 0 Å². The van der Waals surface area contributed by atoms with E-state index in [9.17, 15) is 13.2 Å². The third kappa shape index (κ3) is 1.50. The topological polar surface area (TPSA) is 9.23 Å². The molecule has 0 atom stereocenters. The van der Waals surface area contributed by atoms with Gasteiger partial charge in [0, 0.05) is 6.07 Å². The quantitative estimate of drug-likeness (QED) is 0.438. The van der Waals surface area contributed by atoms with Crippen LogP contribution < -0.4 is 4.74 Å². The summed E-state index contributed by atoms with van der Waals surface area (Å²) in [6.45, 7) is 0. The third-order valence-corrected chi connectivity index (χ3v) is 2.28. The number of rotatable bonds is 1. The highest BCUT2D eigenvalue weighted by atomic mass is 127. The SMILES string of the molecule is COc1cc(F)c(I)c(F)c1F. The lowest BCUT2D eigenvalue weighted by atomic mass is 10.3. The molecule has 0 aromatic heterocycles. The molecule has 0 radical (unpaired) electrons. The molecule has 0 amide bonds. The summed E-state index contributed by atoms with van der Waals surface area (Å²) in [7, 11) is 1.14. The smallest absolute Gasteiger partial charge is 0.201 e. The van der Waals surface area contributed by atoms with Crippen molar-refractivity contribution in [3.05, 3.63) is 27.1 Å². The maximum Gasteiger partial charge on any atom is 0.201 e. The zero-order chi connectivity index (χ0) is 9.30. The van der Waals surface area contributed by atoms with Gasteiger partial charge < -0.3 is 4.74 Å². The van der Waals surface area contributed by atoms with E-state index >= 15 is 0 Å². The molecule has 0 spiro atoms. The molecule has 1 aromatic carbocycles. The molecule has 0 N–H and O–H groups in total. The Morgan fingerprint density at radius 3 is 2.33 bits per heavy atom. The van der Waals surface area contributed by atoms with E-state index in [4.69, 9.17) is 0 Å². The summed E-state index contributed by atoms with van der Waals surface area (Å²) >= 11 is 1.38. The largest absolute Gasteiger partial charge is 0.493 e. The van der Waals surface area contributed by atoms with Gasteiger partial charge in [-0.15, -0.1) is 0 Å². The van der Waals surface area contributed by atoms with E-state index in [1.54, 1.807) is 0 Å². The zero-order valence-electron chi connectivity index (χ0n) is 6.00. The number of ether oxygens (including phenoxy) is 1. The molecule has 1 rings (SSSR count). The Hall–Kier alpha value is -0.460. The van der Waals surface area contributed by atoms with E-state index < -0.39 is 23.2 Å². The van der Waals surface area contributed by atoms with E-state index in [2.05, 4.69) is 4.74 Å². The average molecular weight is 288 g/mol. The monoisotopic (exact) mass is 288 g/mol. The first-order valence-corrected chi connectivity index (χ1v) is 4.02. The fourth-order valence-electron chi connectivity index (χ4n) is 0.700. The van der Waals surface area contributed by atoms with Crippen LogP contribution in [0.2, 0.25) is 0 Å². The summed E-state index contributed by atoms with van der Waals surface area (Å²) in [5.41, 5.74) is 0. The van der Waals surface area contributed by atoms with Gasteiger partial charge in [-0.25, -0.2) is 8.78 Å². The predicted molar refractivity (Wildman–Crippen MR) is 45.6 cm³/mol. The van der Waals surface area contributed by atoms with Crippen molar-refractivity contribution in [1.29, 1.82) is 0 Å². The van der Waals surface area contributed by atoms with Gasteiger partial charge in [-0.2, -0.15) is 4.39 Å². The normalized spacial score (nSPS) is 10.1. The van der Waals surface area contributed by atoms with Gasteiger partial charge in [0.2, 0.25) is 5.82 Å². The molecule has 0 heterocycles. The van der Waals surface area contributed by atoms with E-state index in [-0.39, 0.29) is 3.57 Å². The lowest BCUT2D eigenvalue weighted by Gasteiger charge is -2.04. The molecule has 1 aromatic rings. The molecular weight excluding hydrogens is 284 g/mol. The van der Waals surface area contributed by atoms with Crippen molar-refractivity contribution in [3.8, 4) is 5.75 Å². The van der Waals surface area contributed by atoms with Crippen LogP contribution in [0, 0.1) is 21.0 Å². The molecule has 0 aliphatic heterocycles. The summed E-state index contributed by atoms with van der Waals surface area (Å²) in [4.78, 5) is 0. The van der Waals surface area contributed by atoms with Gasteiger partial charge >= 0.3 is 0 Å². The molecule has 0 aliphatic rings. The van der Waals surface area contributed by atoms with Crippen LogP contribution in [0.3, 0.4) is 0 Å². The molecule has 0 fully saturated rings. The van der Waals surface area contributed by atoms with Gasteiger partial charge in [0.1, 0.15) is 5.82 Å². The molecular formula is C7H4F3IO. The fraction of sp³-hybridized carbons (Fsp3) is 0.143. The molecule has 1 nitrogen and oxygen atoms in total. The highest BCUT2D eigenvalue weighted by Gasteiger charge is 2.16. The van der Waals surface area contributed by atoms with E-state index in [1.807, 2.05) is 0 Å². The van der Waals surface area contributed by atoms with Crippen molar-refractivity contribution in [2.75, 3.05) is 7.11 Å². The Labute approximate surface area is 80.7 Å². The van der Waals surface area contributed by atoms with Crippen molar-refractivity contribution < 1.29 is 17.9 Å². The molecule has 0 saturated carbocycles. The molecule has 66 valence electrons. The third-order valence-electron chi connectivity index (χ3n) is 1.29. The Balaban J connectivity index is 3.39. The maximum absolute atomic E-state index is 12.8. The Bertz CT molecular complexity index is 314. The Kier molecular flexibility index (Phi) is 2.81. The molecule has 0 unspecified atom stereocenters. The highest BCUT2D eigenvalue weighted by Crippen LogP contribution is 2.26. The summed E-state index contributed by atoms with van der Waals surface area (Å²) in [5, 5.41) is 0. The van der Waals surface area contributed by atoms with E-state index in [0.29, 0.717) is 0 Å². The number of hydrogen-bond donors (Lipinski definition) is 0. The summed E-state index contributed by atoms with van der Waals surface area (Å²) in [6, 6.07) is 0.806. The van der Waals surface area contributed by atoms with Crippen molar-refractivity contribution in [2.24, 2.45) is 0 Å². The van der Waals surface area contributed by atoms with Gasteiger partial charge in [-0.05, 0) is 22.6 Å². The molecule has 0 aliphatic carbocycles. The van der Waals surface area contributed by atoms with Crippen LogP contribution >= 0.6 is 22.6 Å².